The Balaban J connectivity index is 2.05. The van der Waals surface area contributed by atoms with Gasteiger partial charge in [0.15, 0.2) is 0 Å². The molecular weight excluding hydrogens is 274 g/mol. The molecule has 2 aromatic rings. The molecule has 0 aliphatic carbocycles. The number of aliphatic hydroxyl groups excluding tert-OH is 1. The van der Waals surface area contributed by atoms with Gasteiger partial charge in [-0.25, -0.2) is 0 Å². The zero-order valence-electron chi connectivity index (χ0n) is 13.2. The first-order valence-electron chi connectivity index (χ1n) is 7.85. The van der Waals surface area contributed by atoms with Crippen molar-refractivity contribution in [2.75, 3.05) is 20.3 Å². The van der Waals surface area contributed by atoms with Crippen molar-refractivity contribution in [2.24, 2.45) is 0 Å². The fraction of sp³-hybridized carbons (Fsp3) is 0.368. The van der Waals surface area contributed by atoms with E-state index in [0.717, 1.165) is 31.6 Å². The largest absolute Gasteiger partial charge is 0.497 e. The lowest BCUT2D eigenvalue weighted by Gasteiger charge is -2.20. The minimum absolute atomic E-state index is 0.258. The van der Waals surface area contributed by atoms with Gasteiger partial charge in [0.2, 0.25) is 0 Å². The highest BCUT2D eigenvalue weighted by Crippen LogP contribution is 2.21. The topological polar surface area (TPSA) is 41.5 Å². The lowest BCUT2D eigenvalue weighted by Crippen LogP contribution is -2.24. The van der Waals surface area contributed by atoms with Crippen LogP contribution in [0.5, 0.6) is 5.75 Å². The van der Waals surface area contributed by atoms with E-state index >= 15 is 0 Å². The van der Waals surface area contributed by atoms with Crippen LogP contribution in [-0.2, 0) is 6.42 Å². The Kier molecular flexibility index (Phi) is 6.94. The standard InChI is InChI=1S/C19H25NO2/c1-22-18-11-9-17(10-12-18)19(20-13-5-6-14-21)15-16-7-3-2-4-8-16/h2-4,7-12,19-21H,5-6,13-15H2,1H3/t19-/m0/s1. The van der Waals surface area contributed by atoms with Crippen molar-refractivity contribution in [1.82, 2.24) is 5.32 Å². The molecule has 0 bridgehead atoms. The predicted octanol–water partition coefficient (Wildman–Crippen LogP) is 3.34. The first-order chi connectivity index (χ1) is 10.8. The Labute approximate surface area is 133 Å². The molecule has 3 nitrogen and oxygen atoms in total. The van der Waals surface area contributed by atoms with E-state index in [9.17, 15) is 0 Å². The van der Waals surface area contributed by atoms with E-state index in [1.807, 2.05) is 18.2 Å². The molecule has 1 atom stereocenters. The number of methoxy groups -OCH3 is 1. The van der Waals surface area contributed by atoms with Gasteiger partial charge in [-0.15, -0.1) is 0 Å². The second-order valence-corrected chi connectivity index (χ2v) is 5.40. The molecule has 0 aliphatic heterocycles. The van der Waals surface area contributed by atoms with Gasteiger partial charge < -0.3 is 15.2 Å². The molecule has 22 heavy (non-hydrogen) atoms. The molecule has 0 saturated heterocycles. The highest BCUT2D eigenvalue weighted by Gasteiger charge is 2.11. The van der Waals surface area contributed by atoms with Crippen LogP contribution in [0.25, 0.3) is 0 Å². The summed E-state index contributed by atoms with van der Waals surface area (Å²) in [5.41, 5.74) is 2.58. The number of ether oxygens (including phenoxy) is 1. The van der Waals surface area contributed by atoms with E-state index in [4.69, 9.17) is 9.84 Å². The van der Waals surface area contributed by atoms with Gasteiger partial charge in [-0.1, -0.05) is 42.5 Å². The van der Waals surface area contributed by atoms with Crippen molar-refractivity contribution in [2.45, 2.75) is 25.3 Å². The van der Waals surface area contributed by atoms with Crippen molar-refractivity contribution >= 4 is 0 Å². The van der Waals surface area contributed by atoms with Gasteiger partial charge in [-0.05, 0) is 49.1 Å². The van der Waals surface area contributed by atoms with Gasteiger partial charge in [-0.2, -0.15) is 0 Å². The third-order valence-electron chi connectivity index (χ3n) is 3.78. The fourth-order valence-corrected chi connectivity index (χ4v) is 2.51. The van der Waals surface area contributed by atoms with Crippen LogP contribution in [0.3, 0.4) is 0 Å². The van der Waals surface area contributed by atoms with E-state index in [-0.39, 0.29) is 12.6 Å². The molecule has 0 saturated carbocycles. The lowest BCUT2D eigenvalue weighted by molar-refractivity contribution is 0.282. The summed E-state index contributed by atoms with van der Waals surface area (Å²) in [6.07, 6.45) is 2.78. The third kappa shape index (κ3) is 5.17. The van der Waals surface area contributed by atoms with E-state index in [1.54, 1.807) is 7.11 Å². The Hall–Kier alpha value is -1.84. The highest BCUT2D eigenvalue weighted by molar-refractivity contribution is 5.30. The minimum atomic E-state index is 0.258. The Morgan fingerprint density at radius 3 is 2.36 bits per heavy atom. The average Bonchev–Trinajstić information content (AvgIpc) is 2.59. The normalized spacial score (nSPS) is 12.1. The van der Waals surface area contributed by atoms with Crippen LogP contribution in [0.4, 0.5) is 0 Å². The summed E-state index contributed by atoms with van der Waals surface area (Å²) in [5.74, 6) is 0.877. The summed E-state index contributed by atoms with van der Waals surface area (Å²) in [6.45, 7) is 1.16. The number of rotatable bonds is 9. The first kappa shape index (κ1) is 16.5. The van der Waals surface area contributed by atoms with Crippen LogP contribution in [0.1, 0.15) is 30.0 Å². The maximum Gasteiger partial charge on any atom is 0.118 e. The monoisotopic (exact) mass is 299 g/mol. The van der Waals surface area contributed by atoms with E-state index in [1.165, 1.54) is 11.1 Å². The second-order valence-electron chi connectivity index (χ2n) is 5.40. The van der Waals surface area contributed by atoms with Gasteiger partial charge in [0, 0.05) is 12.6 Å². The van der Waals surface area contributed by atoms with Crippen LogP contribution in [0, 0.1) is 0 Å². The molecule has 0 aliphatic rings. The maximum atomic E-state index is 8.90. The number of hydrogen-bond acceptors (Lipinski definition) is 3. The molecule has 0 heterocycles. The summed E-state index contributed by atoms with van der Waals surface area (Å²) in [7, 11) is 1.68. The van der Waals surface area contributed by atoms with Crippen molar-refractivity contribution in [3.63, 3.8) is 0 Å². The summed E-state index contributed by atoms with van der Waals surface area (Å²) < 4.78 is 5.23. The SMILES string of the molecule is COc1ccc([C@H](Cc2ccccc2)NCCCCO)cc1. The molecule has 0 spiro atoms. The molecule has 0 unspecified atom stereocenters. The van der Waals surface area contributed by atoms with Gasteiger partial charge in [0.1, 0.15) is 5.75 Å². The second kappa shape index (κ2) is 9.23. The molecule has 3 heteroatoms. The zero-order chi connectivity index (χ0) is 15.6. The molecule has 0 radical (unpaired) electrons. The third-order valence-corrected chi connectivity index (χ3v) is 3.78. The average molecular weight is 299 g/mol. The summed E-state index contributed by atoms with van der Waals surface area (Å²) in [6, 6.07) is 19.0. The van der Waals surface area contributed by atoms with Gasteiger partial charge in [0.25, 0.3) is 0 Å². The van der Waals surface area contributed by atoms with Crippen molar-refractivity contribution in [3.8, 4) is 5.75 Å². The van der Waals surface area contributed by atoms with Crippen molar-refractivity contribution < 1.29 is 9.84 Å². The Bertz CT molecular complexity index is 525. The lowest BCUT2D eigenvalue weighted by atomic mass is 9.98. The van der Waals surface area contributed by atoms with E-state index in [2.05, 4.69) is 41.7 Å². The molecule has 2 rings (SSSR count). The number of hydrogen-bond donors (Lipinski definition) is 2. The highest BCUT2D eigenvalue weighted by atomic mass is 16.5. The minimum Gasteiger partial charge on any atom is -0.497 e. The molecule has 0 fully saturated rings. The van der Waals surface area contributed by atoms with Crippen LogP contribution in [0.15, 0.2) is 54.6 Å². The van der Waals surface area contributed by atoms with Gasteiger partial charge in [-0.3, -0.25) is 0 Å². The molecule has 2 N–H and O–H groups in total. The Morgan fingerprint density at radius 1 is 1.00 bits per heavy atom. The molecule has 2 aromatic carbocycles. The van der Waals surface area contributed by atoms with Crippen LogP contribution in [0.2, 0.25) is 0 Å². The number of nitrogens with one attached hydrogen (secondary N) is 1. The predicted molar refractivity (Wildman–Crippen MR) is 90.2 cm³/mol. The maximum absolute atomic E-state index is 8.90. The van der Waals surface area contributed by atoms with Gasteiger partial charge >= 0.3 is 0 Å². The summed E-state index contributed by atoms with van der Waals surface area (Å²) >= 11 is 0. The molecule has 0 aromatic heterocycles. The number of benzene rings is 2. The summed E-state index contributed by atoms with van der Waals surface area (Å²) in [4.78, 5) is 0. The first-order valence-corrected chi connectivity index (χ1v) is 7.85. The smallest absolute Gasteiger partial charge is 0.118 e. The van der Waals surface area contributed by atoms with Crippen LogP contribution >= 0.6 is 0 Å². The molecule has 0 amide bonds. The zero-order valence-corrected chi connectivity index (χ0v) is 13.2. The van der Waals surface area contributed by atoms with Crippen molar-refractivity contribution in [3.05, 3.63) is 65.7 Å². The van der Waals surface area contributed by atoms with Crippen molar-refractivity contribution in [1.29, 1.82) is 0 Å². The fourth-order valence-electron chi connectivity index (χ4n) is 2.51. The summed E-state index contributed by atoms with van der Waals surface area (Å²) in [5, 5.41) is 12.5. The molecule has 118 valence electrons. The van der Waals surface area contributed by atoms with Gasteiger partial charge in [0.05, 0.1) is 7.11 Å². The van der Waals surface area contributed by atoms with E-state index < -0.39 is 0 Å². The Morgan fingerprint density at radius 2 is 1.73 bits per heavy atom. The number of aliphatic hydroxyl groups is 1. The van der Waals surface area contributed by atoms with Crippen LogP contribution < -0.4 is 10.1 Å². The molecular formula is C19H25NO2. The quantitative estimate of drug-likeness (QED) is 0.698. The van der Waals surface area contributed by atoms with Crippen LogP contribution in [-0.4, -0.2) is 25.4 Å². The number of unbranched alkanes of at least 4 members (excludes halogenated alkanes) is 1. The van der Waals surface area contributed by atoms with E-state index in [0.29, 0.717) is 0 Å².